The quantitative estimate of drug-likeness (QED) is 0.669. The van der Waals surface area contributed by atoms with Crippen molar-refractivity contribution in [3.8, 4) is 5.75 Å². The van der Waals surface area contributed by atoms with E-state index in [1.807, 2.05) is 6.92 Å². The summed E-state index contributed by atoms with van der Waals surface area (Å²) in [6.45, 7) is 2.23. The second-order valence-corrected chi connectivity index (χ2v) is 6.79. The van der Waals surface area contributed by atoms with Gasteiger partial charge in [0.1, 0.15) is 5.75 Å². The van der Waals surface area contributed by atoms with Crippen LogP contribution >= 0.6 is 11.3 Å². The molecule has 0 aliphatic carbocycles. The zero-order valence-electron chi connectivity index (χ0n) is 14.8. The highest BCUT2D eigenvalue weighted by Crippen LogP contribution is 2.35. The van der Waals surface area contributed by atoms with Gasteiger partial charge in [-0.1, -0.05) is 12.1 Å². The Morgan fingerprint density at radius 1 is 1.14 bits per heavy atom. The summed E-state index contributed by atoms with van der Waals surface area (Å²) in [6.07, 6.45) is 1.58. The predicted molar refractivity (Wildman–Crippen MR) is 105 cm³/mol. The number of imide groups is 1. The molecule has 1 aliphatic heterocycles. The van der Waals surface area contributed by atoms with Gasteiger partial charge in [0.15, 0.2) is 5.13 Å². The molecule has 0 fully saturated rings. The number of ether oxygens (including phenoxy) is 1. The fourth-order valence-corrected chi connectivity index (χ4v) is 3.50. The van der Waals surface area contributed by atoms with Crippen molar-refractivity contribution >= 4 is 39.9 Å². The number of nitrogens with zero attached hydrogens (tertiary/aromatic N) is 2. The van der Waals surface area contributed by atoms with Crippen LogP contribution in [-0.2, 0) is 0 Å². The van der Waals surface area contributed by atoms with Crippen LogP contribution in [0, 0.1) is 0 Å². The number of hydrogen-bond acceptors (Lipinski definition) is 6. The number of amides is 3. The Bertz CT molecular complexity index is 1080. The number of nitrogens with one attached hydrogen (secondary N) is 1. The summed E-state index contributed by atoms with van der Waals surface area (Å²) >= 11 is 1.29. The molecule has 7 nitrogen and oxygen atoms in total. The van der Waals surface area contributed by atoms with Gasteiger partial charge in [-0.3, -0.25) is 19.7 Å². The number of hydrogen-bond donors (Lipinski definition) is 1. The van der Waals surface area contributed by atoms with Gasteiger partial charge in [0.05, 0.1) is 23.4 Å². The highest BCUT2D eigenvalue weighted by Gasteiger charge is 2.38. The standard InChI is InChI=1S/C20H15N3O4S/c1-2-27-16-6-4-3-5-15(16)23-18(25)13-8-7-12(11-14(13)19(23)26)17(24)22-20-21-9-10-28-20/h3-11H,2H2,1H3,(H,21,22,24). The number of benzene rings is 2. The number of anilines is 2. The molecule has 0 bridgehead atoms. The van der Waals surface area contributed by atoms with Crippen molar-refractivity contribution in [1.29, 1.82) is 0 Å². The summed E-state index contributed by atoms with van der Waals surface area (Å²) in [5.41, 5.74) is 1.09. The maximum atomic E-state index is 13.0. The number of aromatic nitrogens is 1. The molecule has 0 spiro atoms. The number of para-hydroxylation sites is 2. The maximum absolute atomic E-state index is 13.0. The van der Waals surface area contributed by atoms with Crippen LogP contribution in [0.4, 0.5) is 10.8 Å². The second kappa shape index (κ2) is 7.24. The first-order valence-corrected chi connectivity index (χ1v) is 9.43. The van der Waals surface area contributed by atoms with E-state index in [1.165, 1.54) is 29.5 Å². The van der Waals surface area contributed by atoms with Crippen molar-refractivity contribution in [1.82, 2.24) is 4.98 Å². The fourth-order valence-electron chi connectivity index (χ4n) is 2.97. The minimum atomic E-state index is -0.490. The lowest BCUT2D eigenvalue weighted by Gasteiger charge is -2.17. The minimum absolute atomic E-state index is 0.183. The molecule has 4 rings (SSSR count). The zero-order valence-corrected chi connectivity index (χ0v) is 15.7. The highest BCUT2D eigenvalue weighted by atomic mass is 32.1. The van der Waals surface area contributed by atoms with Crippen LogP contribution in [0.3, 0.4) is 0 Å². The third-order valence-corrected chi connectivity index (χ3v) is 4.90. The van der Waals surface area contributed by atoms with Gasteiger partial charge in [-0.2, -0.15) is 0 Å². The molecule has 0 radical (unpaired) electrons. The Balaban J connectivity index is 1.67. The SMILES string of the molecule is CCOc1ccccc1N1C(=O)c2ccc(C(=O)Nc3nccs3)cc2C1=O. The Kier molecular flexibility index (Phi) is 4.62. The smallest absolute Gasteiger partial charge is 0.266 e. The molecular formula is C20H15N3O4S. The molecule has 3 aromatic rings. The van der Waals surface area contributed by atoms with E-state index in [2.05, 4.69) is 10.3 Å². The molecule has 140 valence electrons. The Morgan fingerprint density at radius 3 is 2.68 bits per heavy atom. The molecule has 0 saturated heterocycles. The Morgan fingerprint density at radius 2 is 1.93 bits per heavy atom. The van der Waals surface area contributed by atoms with E-state index in [1.54, 1.807) is 35.8 Å². The summed E-state index contributed by atoms with van der Waals surface area (Å²) in [6, 6.07) is 11.3. The van der Waals surface area contributed by atoms with E-state index < -0.39 is 17.7 Å². The molecule has 2 heterocycles. The van der Waals surface area contributed by atoms with Crippen LogP contribution in [0.5, 0.6) is 5.75 Å². The van der Waals surface area contributed by atoms with Crippen LogP contribution in [0.15, 0.2) is 54.0 Å². The lowest BCUT2D eigenvalue weighted by molar-refractivity contribution is 0.0924. The summed E-state index contributed by atoms with van der Waals surface area (Å²) in [7, 11) is 0. The largest absolute Gasteiger partial charge is 0.492 e. The van der Waals surface area contributed by atoms with E-state index in [0.717, 1.165) is 4.90 Å². The number of fused-ring (bicyclic) bond motifs is 1. The van der Waals surface area contributed by atoms with Gasteiger partial charge >= 0.3 is 0 Å². The molecular weight excluding hydrogens is 378 g/mol. The predicted octanol–water partition coefficient (Wildman–Crippen LogP) is 3.59. The van der Waals surface area contributed by atoms with Crippen LogP contribution in [-0.4, -0.2) is 29.3 Å². The summed E-state index contributed by atoms with van der Waals surface area (Å²) in [4.78, 5) is 43.3. The average molecular weight is 393 g/mol. The number of rotatable bonds is 5. The van der Waals surface area contributed by atoms with Crippen molar-refractivity contribution < 1.29 is 19.1 Å². The van der Waals surface area contributed by atoms with Crippen molar-refractivity contribution in [2.75, 3.05) is 16.8 Å². The Hall–Kier alpha value is -3.52. The molecule has 1 aromatic heterocycles. The van der Waals surface area contributed by atoms with Crippen LogP contribution in [0.2, 0.25) is 0 Å². The molecule has 0 atom stereocenters. The molecule has 3 amide bonds. The third-order valence-electron chi connectivity index (χ3n) is 4.21. The van der Waals surface area contributed by atoms with Crippen LogP contribution < -0.4 is 15.0 Å². The number of carbonyl (C=O) groups excluding carboxylic acids is 3. The van der Waals surface area contributed by atoms with Crippen LogP contribution in [0.1, 0.15) is 38.0 Å². The average Bonchev–Trinajstić information content (AvgIpc) is 3.29. The van der Waals surface area contributed by atoms with E-state index >= 15 is 0 Å². The van der Waals surface area contributed by atoms with Gasteiger partial charge in [0, 0.05) is 17.1 Å². The van der Waals surface area contributed by atoms with Crippen molar-refractivity contribution in [2.45, 2.75) is 6.92 Å². The molecule has 1 N–H and O–H groups in total. The minimum Gasteiger partial charge on any atom is -0.492 e. The van der Waals surface area contributed by atoms with E-state index in [9.17, 15) is 14.4 Å². The first kappa shape index (κ1) is 17.9. The topological polar surface area (TPSA) is 88.6 Å². The van der Waals surface area contributed by atoms with E-state index in [0.29, 0.717) is 23.2 Å². The van der Waals surface area contributed by atoms with E-state index in [4.69, 9.17) is 4.74 Å². The van der Waals surface area contributed by atoms with Crippen molar-refractivity contribution in [3.63, 3.8) is 0 Å². The highest BCUT2D eigenvalue weighted by molar-refractivity contribution is 7.13. The molecule has 8 heteroatoms. The van der Waals surface area contributed by atoms with Gasteiger partial charge in [-0.25, -0.2) is 9.88 Å². The summed E-state index contributed by atoms with van der Waals surface area (Å²) in [5.74, 6) is -0.887. The van der Waals surface area contributed by atoms with Gasteiger partial charge in [-0.05, 0) is 37.3 Å². The summed E-state index contributed by atoms with van der Waals surface area (Å²) < 4.78 is 5.55. The van der Waals surface area contributed by atoms with Gasteiger partial charge in [-0.15, -0.1) is 11.3 Å². The maximum Gasteiger partial charge on any atom is 0.266 e. The number of carbonyl (C=O) groups is 3. The summed E-state index contributed by atoms with van der Waals surface area (Å²) in [5, 5.41) is 4.87. The molecule has 28 heavy (non-hydrogen) atoms. The molecule has 2 aromatic carbocycles. The van der Waals surface area contributed by atoms with Gasteiger partial charge in [0.25, 0.3) is 17.7 Å². The van der Waals surface area contributed by atoms with Gasteiger partial charge in [0.2, 0.25) is 0 Å². The first-order chi connectivity index (χ1) is 13.6. The molecule has 0 saturated carbocycles. The lowest BCUT2D eigenvalue weighted by atomic mass is 10.1. The fraction of sp³-hybridized carbons (Fsp3) is 0.100. The second-order valence-electron chi connectivity index (χ2n) is 5.90. The Labute approximate surface area is 164 Å². The van der Waals surface area contributed by atoms with E-state index in [-0.39, 0.29) is 16.7 Å². The molecule has 0 unspecified atom stereocenters. The van der Waals surface area contributed by atoms with Crippen molar-refractivity contribution in [3.05, 3.63) is 70.7 Å². The third kappa shape index (κ3) is 3.03. The van der Waals surface area contributed by atoms with Crippen LogP contribution in [0.25, 0.3) is 0 Å². The zero-order chi connectivity index (χ0) is 19.7. The lowest BCUT2D eigenvalue weighted by Crippen LogP contribution is -2.29. The monoisotopic (exact) mass is 393 g/mol. The number of thiazole rings is 1. The van der Waals surface area contributed by atoms with Crippen molar-refractivity contribution in [2.24, 2.45) is 0 Å². The molecule has 1 aliphatic rings. The first-order valence-electron chi connectivity index (χ1n) is 8.55. The normalized spacial score (nSPS) is 12.8. The van der Waals surface area contributed by atoms with Gasteiger partial charge < -0.3 is 4.74 Å².